The summed E-state index contributed by atoms with van der Waals surface area (Å²) in [6, 6.07) is 14.9. The minimum absolute atomic E-state index is 0.0766. The van der Waals surface area contributed by atoms with Crippen LogP contribution in [0.4, 0.5) is 10.5 Å². The van der Waals surface area contributed by atoms with E-state index in [-0.39, 0.29) is 17.0 Å². The highest BCUT2D eigenvalue weighted by molar-refractivity contribution is 7.90. The second kappa shape index (κ2) is 7.17. The van der Waals surface area contributed by atoms with E-state index in [0.29, 0.717) is 6.54 Å². The number of cyclic esters (lactones) is 1. The summed E-state index contributed by atoms with van der Waals surface area (Å²) < 4.78 is 28.4. The molecule has 1 aliphatic rings. The lowest BCUT2D eigenvalue weighted by molar-refractivity contribution is 0.0916. The molecule has 2 amide bonds. The van der Waals surface area contributed by atoms with Crippen LogP contribution in [0, 0.1) is 0 Å². The van der Waals surface area contributed by atoms with E-state index in [1.54, 1.807) is 12.1 Å². The van der Waals surface area contributed by atoms with Crippen molar-refractivity contribution in [3.05, 3.63) is 60.2 Å². The molecule has 0 spiro atoms. The standard InChI is InChI=1S/C18H18N2O5S/c1-26(23,24)16-9-5-6-13(10-16)17(21)19-11-15-12-20(18(22)25-15)14-7-3-2-4-8-14/h2-10,15H,11-12H2,1H3,(H,19,21). The van der Waals surface area contributed by atoms with E-state index in [1.807, 2.05) is 18.2 Å². The Balaban J connectivity index is 1.61. The van der Waals surface area contributed by atoms with Crippen LogP contribution in [-0.2, 0) is 14.6 Å². The lowest BCUT2D eigenvalue weighted by Gasteiger charge is -2.13. The molecule has 1 aliphatic heterocycles. The number of carbonyl (C=O) groups excluding carboxylic acids is 2. The molecule has 1 atom stereocenters. The summed E-state index contributed by atoms with van der Waals surface area (Å²) >= 11 is 0. The van der Waals surface area contributed by atoms with Crippen molar-refractivity contribution in [2.75, 3.05) is 24.2 Å². The van der Waals surface area contributed by atoms with Gasteiger partial charge in [-0.1, -0.05) is 24.3 Å². The number of carbonyl (C=O) groups is 2. The molecule has 0 aliphatic carbocycles. The summed E-state index contributed by atoms with van der Waals surface area (Å²) in [5, 5.41) is 2.67. The highest BCUT2D eigenvalue weighted by Gasteiger charge is 2.32. The number of sulfone groups is 1. The zero-order chi connectivity index (χ0) is 18.7. The molecule has 1 unspecified atom stereocenters. The summed E-state index contributed by atoms with van der Waals surface area (Å²) in [6.45, 7) is 0.462. The molecular weight excluding hydrogens is 356 g/mol. The first kappa shape index (κ1) is 17.9. The van der Waals surface area contributed by atoms with Crippen LogP contribution in [0.1, 0.15) is 10.4 Å². The van der Waals surface area contributed by atoms with Crippen molar-refractivity contribution >= 4 is 27.5 Å². The summed E-state index contributed by atoms with van der Waals surface area (Å²) in [6.07, 6.45) is 0.138. The van der Waals surface area contributed by atoms with Gasteiger partial charge in [0.05, 0.1) is 18.0 Å². The number of nitrogens with one attached hydrogen (secondary N) is 1. The van der Waals surface area contributed by atoms with Gasteiger partial charge in [0.2, 0.25) is 0 Å². The lowest BCUT2D eigenvalue weighted by Crippen LogP contribution is -2.34. The maximum absolute atomic E-state index is 12.3. The molecule has 26 heavy (non-hydrogen) atoms. The molecule has 136 valence electrons. The Labute approximate surface area is 151 Å². The monoisotopic (exact) mass is 374 g/mol. The highest BCUT2D eigenvalue weighted by Crippen LogP contribution is 2.20. The molecule has 2 aromatic rings. The SMILES string of the molecule is CS(=O)(=O)c1cccc(C(=O)NCC2CN(c3ccccc3)C(=O)O2)c1. The number of rotatable bonds is 5. The fourth-order valence-corrected chi connectivity index (χ4v) is 3.29. The zero-order valence-corrected chi connectivity index (χ0v) is 14.9. The molecule has 0 aromatic heterocycles. The van der Waals surface area contributed by atoms with E-state index in [9.17, 15) is 18.0 Å². The normalized spacial score (nSPS) is 17.0. The molecule has 3 rings (SSSR count). The summed E-state index contributed by atoms with van der Waals surface area (Å²) in [5.41, 5.74) is 0.962. The van der Waals surface area contributed by atoms with E-state index >= 15 is 0 Å². The van der Waals surface area contributed by atoms with Gasteiger partial charge in [-0.05, 0) is 30.3 Å². The Hall–Kier alpha value is -2.87. The maximum Gasteiger partial charge on any atom is 0.414 e. The molecule has 0 radical (unpaired) electrons. The average molecular weight is 374 g/mol. The van der Waals surface area contributed by atoms with Gasteiger partial charge in [0, 0.05) is 17.5 Å². The van der Waals surface area contributed by atoms with E-state index in [0.717, 1.165) is 11.9 Å². The van der Waals surface area contributed by atoms with Crippen LogP contribution in [0.3, 0.4) is 0 Å². The van der Waals surface area contributed by atoms with Crippen LogP contribution in [-0.4, -0.2) is 45.9 Å². The molecule has 0 saturated carbocycles. The van der Waals surface area contributed by atoms with Gasteiger partial charge in [-0.15, -0.1) is 0 Å². The molecule has 2 aromatic carbocycles. The second-order valence-corrected chi connectivity index (χ2v) is 7.98. The Morgan fingerprint density at radius 2 is 1.92 bits per heavy atom. The van der Waals surface area contributed by atoms with E-state index in [4.69, 9.17) is 4.74 Å². The first-order chi connectivity index (χ1) is 12.3. The van der Waals surface area contributed by atoms with Crippen LogP contribution in [0.15, 0.2) is 59.5 Å². The van der Waals surface area contributed by atoms with Gasteiger partial charge >= 0.3 is 6.09 Å². The molecule has 1 saturated heterocycles. The number of hydrogen-bond donors (Lipinski definition) is 1. The van der Waals surface area contributed by atoms with E-state index in [1.165, 1.54) is 29.2 Å². The van der Waals surface area contributed by atoms with Gasteiger partial charge in [0.25, 0.3) is 5.91 Å². The van der Waals surface area contributed by atoms with Gasteiger partial charge < -0.3 is 10.1 Å². The largest absolute Gasteiger partial charge is 0.442 e. The number of hydrogen-bond acceptors (Lipinski definition) is 5. The smallest absolute Gasteiger partial charge is 0.414 e. The van der Waals surface area contributed by atoms with Crippen molar-refractivity contribution in [2.24, 2.45) is 0 Å². The van der Waals surface area contributed by atoms with Gasteiger partial charge in [-0.25, -0.2) is 13.2 Å². The van der Waals surface area contributed by atoms with Crippen molar-refractivity contribution in [3.63, 3.8) is 0 Å². The van der Waals surface area contributed by atoms with Gasteiger partial charge in [-0.2, -0.15) is 0 Å². The van der Waals surface area contributed by atoms with Crippen LogP contribution < -0.4 is 10.2 Å². The number of amides is 2. The fourth-order valence-electron chi connectivity index (χ4n) is 2.62. The van der Waals surface area contributed by atoms with Crippen molar-refractivity contribution in [1.29, 1.82) is 0 Å². The lowest BCUT2D eigenvalue weighted by atomic mass is 10.2. The third kappa shape index (κ3) is 4.02. The highest BCUT2D eigenvalue weighted by atomic mass is 32.2. The third-order valence-electron chi connectivity index (χ3n) is 3.96. The molecule has 1 N–H and O–H groups in total. The van der Waals surface area contributed by atoms with Gasteiger partial charge in [-0.3, -0.25) is 9.69 Å². The van der Waals surface area contributed by atoms with Crippen molar-refractivity contribution < 1.29 is 22.7 Å². The number of para-hydroxylation sites is 1. The van der Waals surface area contributed by atoms with Gasteiger partial charge in [0.15, 0.2) is 9.84 Å². The van der Waals surface area contributed by atoms with E-state index < -0.39 is 27.9 Å². The quantitative estimate of drug-likeness (QED) is 0.862. The van der Waals surface area contributed by atoms with Crippen LogP contribution >= 0.6 is 0 Å². The van der Waals surface area contributed by atoms with E-state index in [2.05, 4.69) is 5.32 Å². The fraction of sp³-hybridized carbons (Fsp3) is 0.222. The number of benzene rings is 2. The molecule has 1 heterocycles. The van der Waals surface area contributed by atoms with Crippen LogP contribution in [0.5, 0.6) is 0 Å². The Kier molecular flexibility index (Phi) is 4.94. The molecule has 8 heteroatoms. The van der Waals surface area contributed by atoms with Crippen molar-refractivity contribution in [3.8, 4) is 0 Å². The van der Waals surface area contributed by atoms with Crippen LogP contribution in [0.25, 0.3) is 0 Å². The Morgan fingerprint density at radius 3 is 2.62 bits per heavy atom. The Bertz CT molecular complexity index is 928. The number of ether oxygens (including phenoxy) is 1. The van der Waals surface area contributed by atoms with Gasteiger partial charge in [0.1, 0.15) is 6.10 Å². The minimum Gasteiger partial charge on any atom is -0.442 e. The zero-order valence-electron chi connectivity index (χ0n) is 14.1. The molecular formula is C18H18N2O5S. The summed E-state index contributed by atoms with van der Waals surface area (Å²) in [7, 11) is -3.39. The average Bonchev–Trinajstić information content (AvgIpc) is 3.00. The molecule has 7 nitrogen and oxygen atoms in total. The summed E-state index contributed by atoms with van der Waals surface area (Å²) in [4.78, 5) is 25.8. The first-order valence-electron chi connectivity index (χ1n) is 7.96. The van der Waals surface area contributed by atoms with Crippen LogP contribution in [0.2, 0.25) is 0 Å². The third-order valence-corrected chi connectivity index (χ3v) is 5.07. The van der Waals surface area contributed by atoms with Crippen molar-refractivity contribution in [1.82, 2.24) is 5.32 Å². The first-order valence-corrected chi connectivity index (χ1v) is 9.85. The summed E-state index contributed by atoms with van der Waals surface area (Å²) in [5.74, 6) is -0.426. The number of anilines is 1. The topological polar surface area (TPSA) is 92.8 Å². The Morgan fingerprint density at radius 1 is 1.19 bits per heavy atom. The predicted octanol–water partition coefficient (Wildman–Crippen LogP) is 1.85. The van der Waals surface area contributed by atoms with Crippen molar-refractivity contribution in [2.45, 2.75) is 11.0 Å². The second-order valence-electron chi connectivity index (χ2n) is 5.96. The molecule has 1 fully saturated rings. The predicted molar refractivity (Wildman–Crippen MR) is 95.9 cm³/mol. The maximum atomic E-state index is 12.3. The minimum atomic E-state index is -3.39. The molecule has 0 bridgehead atoms. The number of nitrogens with zero attached hydrogens (tertiary/aromatic N) is 1.